The van der Waals surface area contributed by atoms with Gasteiger partial charge in [0.25, 0.3) is 0 Å². The quantitative estimate of drug-likeness (QED) is 0.626. The van der Waals surface area contributed by atoms with Crippen LogP contribution in [0, 0.1) is 5.92 Å². The number of carbonyl (C=O) groups is 2. The maximum Gasteiger partial charge on any atom is 0.320 e. The lowest BCUT2D eigenvalue weighted by molar-refractivity contribution is -0.138. The minimum absolute atomic E-state index is 0.141. The van der Waals surface area contributed by atoms with E-state index in [0.29, 0.717) is 25.3 Å². The SMILES string of the molecule is CC(C)CC(=O)N(C)CCCCC(N)C(=O)O. The number of hydrogen-bond acceptors (Lipinski definition) is 3. The van der Waals surface area contributed by atoms with Gasteiger partial charge in [-0.3, -0.25) is 9.59 Å². The molecule has 0 fully saturated rings. The summed E-state index contributed by atoms with van der Waals surface area (Å²) in [5.41, 5.74) is 5.38. The van der Waals surface area contributed by atoms with Crippen molar-refractivity contribution in [3.63, 3.8) is 0 Å². The monoisotopic (exact) mass is 244 g/mol. The zero-order valence-electron chi connectivity index (χ0n) is 11.0. The number of hydrogen-bond donors (Lipinski definition) is 2. The number of aliphatic carboxylic acids is 1. The Hall–Kier alpha value is -1.10. The zero-order chi connectivity index (χ0) is 13.4. The van der Waals surface area contributed by atoms with Gasteiger partial charge in [-0.15, -0.1) is 0 Å². The van der Waals surface area contributed by atoms with Crippen molar-refractivity contribution in [3.8, 4) is 0 Å². The Labute approximate surface area is 103 Å². The van der Waals surface area contributed by atoms with Gasteiger partial charge in [-0.25, -0.2) is 0 Å². The molecule has 0 aliphatic rings. The summed E-state index contributed by atoms with van der Waals surface area (Å²) in [5.74, 6) is -0.456. The van der Waals surface area contributed by atoms with Crippen molar-refractivity contribution in [1.82, 2.24) is 4.90 Å². The maximum atomic E-state index is 11.6. The van der Waals surface area contributed by atoms with Crippen molar-refractivity contribution >= 4 is 11.9 Å². The van der Waals surface area contributed by atoms with Crippen LogP contribution in [-0.2, 0) is 9.59 Å². The fraction of sp³-hybridized carbons (Fsp3) is 0.833. The van der Waals surface area contributed by atoms with E-state index in [-0.39, 0.29) is 5.91 Å². The summed E-state index contributed by atoms with van der Waals surface area (Å²) in [4.78, 5) is 23.8. The van der Waals surface area contributed by atoms with Gasteiger partial charge in [0, 0.05) is 20.0 Å². The third kappa shape index (κ3) is 7.74. The van der Waals surface area contributed by atoms with Crippen LogP contribution in [0.1, 0.15) is 39.5 Å². The highest BCUT2D eigenvalue weighted by Gasteiger charge is 2.12. The lowest BCUT2D eigenvalue weighted by Gasteiger charge is -2.18. The average molecular weight is 244 g/mol. The first-order valence-electron chi connectivity index (χ1n) is 6.07. The smallest absolute Gasteiger partial charge is 0.320 e. The predicted octanol–water partition coefficient (Wildman–Crippen LogP) is 1.07. The molecule has 1 atom stereocenters. The third-order valence-electron chi connectivity index (χ3n) is 2.58. The van der Waals surface area contributed by atoms with Gasteiger partial charge in [-0.05, 0) is 25.2 Å². The molecule has 0 bridgehead atoms. The van der Waals surface area contributed by atoms with Gasteiger partial charge in [-0.2, -0.15) is 0 Å². The van der Waals surface area contributed by atoms with Crippen LogP contribution in [0.25, 0.3) is 0 Å². The normalized spacial score (nSPS) is 12.5. The maximum absolute atomic E-state index is 11.6. The van der Waals surface area contributed by atoms with Gasteiger partial charge in [-0.1, -0.05) is 13.8 Å². The first-order chi connectivity index (χ1) is 7.84. The third-order valence-corrected chi connectivity index (χ3v) is 2.58. The molecule has 100 valence electrons. The molecule has 0 aromatic rings. The molecule has 5 nitrogen and oxygen atoms in total. The molecule has 1 amide bonds. The highest BCUT2D eigenvalue weighted by atomic mass is 16.4. The molecule has 0 saturated carbocycles. The first-order valence-corrected chi connectivity index (χ1v) is 6.07. The van der Waals surface area contributed by atoms with Crippen LogP contribution < -0.4 is 5.73 Å². The van der Waals surface area contributed by atoms with Gasteiger partial charge < -0.3 is 15.7 Å². The Balaban J connectivity index is 3.67. The molecule has 3 N–H and O–H groups in total. The van der Waals surface area contributed by atoms with Crippen LogP contribution in [0.5, 0.6) is 0 Å². The predicted molar refractivity (Wildman–Crippen MR) is 66.6 cm³/mol. The van der Waals surface area contributed by atoms with Crippen LogP contribution in [0.15, 0.2) is 0 Å². The van der Waals surface area contributed by atoms with E-state index in [1.165, 1.54) is 0 Å². The van der Waals surface area contributed by atoms with Crippen molar-refractivity contribution in [1.29, 1.82) is 0 Å². The number of carboxylic acid groups (broad SMARTS) is 1. The summed E-state index contributed by atoms with van der Waals surface area (Å²) in [6.45, 7) is 4.69. The number of amides is 1. The van der Waals surface area contributed by atoms with E-state index in [4.69, 9.17) is 10.8 Å². The molecule has 0 heterocycles. The average Bonchev–Trinajstić information content (AvgIpc) is 2.22. The van der Waals surface area contributed by atoms with Crippen LogP contribution >= 0.6 is 0 Å². The molecule has 0 spiro atoms. The molecular formula is C12H24N2O3. The van der Waals surface area contributed by atoms with E-state index in [2.05, 4.69) is 0 Å². The summed E-state index contributed by atoms with van der Waals surface area (Å²) < 4.78 is 0. The van der Waals surface area contributed by atoms with Gasteiger partial charge in [0.05, 0.1) is 0 Å². The van der Waals surface area contributed by atoms with Crippen molar-refractivity contribution in [3.05, 3.63) is 0 Å². The first kappa shape index (κ1) is 15.9. The number of nitrogens with zero attached hydrogens (tertiary/aromatic N) is 1. The van der Waals surface area contributed by atoms with Crippen LogP contribution in [-0.4, -0.2) is 41.5 Å². The van der Waals surface area contributed by atoms with Gasteiger partial charge in [0.2, 0.25) is 5.91 Å². The van der Waals surface area contributed by atoms with Crippen molar-refractivity contribution in [2.75, 3.05) is 13.6 Å². The minimum Gasteiger partial charge on any atom is -0.480 e. The van der Waals surface area contributed by atoms with E-state index in [1.54, 1.807) is 11.9 Å². The lowest BCUT2D eigenvalue weighted by Crippen LogP contribution is -2.31. The second-order valence-electron chi connectivity index (χ2n) is 4.85. The Morgan fingerprint density at radius 1 is 1.29 bits per heavy atom. The molecule has 0 saturated heterocycles. The van der Waals surface area contributed by atoms with Gasteiger partial charge >= 0.3 is 5.97 Å². The molecule has 0 aliphatic carbocycles. The molecule has 5 heteroatoms. The number of rotatable bonds is 8. The largest absolute Gasteiger partial charge is 0.480 e. The van der Waals surface area contributed by atoms with Gasteiger partial charge in [0.15, 0.2) is 0 Å². The Bertz CT molecular complexity index is 254. The fourth-order valence-corrected chi connectivity index (χ4v) is 1.47. The summed E-state index contributed by atoms with van der Waals surface area (Å²) in [5, 5.41) is 8.59. The van der Waals surface area contributed by atoms with E-state index >= 15 is 0 Å². The van der Waals surface area contributed by atoms with E-state index < -0.39 is 12.0 Å². The molecule has 0 aromatic carbocycles. The Kier molecular flexibility index (Phi) is 7.54. The standard InChI is InChI=1S/C12H24N2O3/c1-9(2)8-11(15)14(3)7-5-4-6-10(13)12(16)17/h9-10H,4-8,13H2,1-3H3,(H,16,17). The number of carbonyl (C=O) groups excluding carboxylic acids is 1. The van der Waals surface area contributed by atoms with Crippen molar-refractivity contribution in [2.24, 2.45) is 11.7 Å². The van der Waals surface area contributed by atoms with E-state index in [1.807, 2.05) is 13.8 Å². The molecule has 1 unspecified atom stereocenters. The van der Waals surface area contributed by atoms with Crippen LogP contribution in [0.2, 0.25) is 0 Å². The summed E-state index contributed by atoms with van der Waals surface area (Å²) in [6, 6.07) is -0.785. The second-order valence-corrected chi connectivity index (χ2v) is 4.85. The van der Waals surface area contributed by atoms with E-state index in [9.17, 15) is 9.59 Å². The molecule has 0 rings (SSSR count). The van der Waals surface area contributed by atoms with Gasteiger partial charge in [0.1, 0.15) is 6.04 Å². The summed E-state index contributed by atoms with van der Waals surface area (Å²) >= 11 is 0. The van der Waals surface area contributed by atoms with E-state index in [0.717, 1.165) is 12.8 Å². The summed E-state index contributed by atoms with van der Waals surface area (Å²) in [6.07, 6.45) is 2.54. The van der Waals surface area contributed by atoms with Crippen LogP contribution in [0.4, 0.5) is 0 Å². The second kappa shape index (κ2) is 8.06. The lowest BCUT2D eigenvalue weighted by atomic mass is 10.1. The fourth-order valence-electron chi connectivity index (χ4n) is 1.47. The van der Waals surface area contributed by atoms with Crippen molar-refractivity contribution < 1.29 is 14.7 Å². The number of unbranched alkanes of at least 4 members (excludes halogenated alkanes) is 1. The number of nitrogens with two attached hydrogens (primary N) is 1. The van der Waals surface area contributed by atoms with Crippen LogP contribution in [0.3, 0.4) is 0 Å². The molecular weight excluding hydrogens is 220 g/mol. The number of carboxylic acids is 1. The zero-order valence-corrected chi connectivity index (χ0v) is 11.0. The van der Waals surface area contributed by atoms with Crippen molar-refractivity contribution in [2.45, 2.75) is 45.6 Å². The highest BCUT2D eigenvalue weighted by Crippen LogP contribution is 2.05. The summed E-state index contributed by atoms with van der Waals surface area (Å²) in [7, 11) is 1.78. The minimum atomic E-state index is -0.964. The molecule has 17 heavy (non-hydrogen) atoms. The molecule has 0 aromatic heterocycles. The molecule has 0 radical (unpaired) electrons. The topological polar surface area (TPSA) is 83.6 Å². The highest BCUT2D eigenvalue weighted by molar-refractivity contribution is 5.76. The Morgan fingerprint density at radius 3 is 2.35 bits per heavy atom. The molecule has 0 aliphatic heterocycles. The Morgan fingerprint density at radius 2 is 1.88 bits per heavy atom.